The average Bonchev–Trinajstić information content (AvgIpc) is 2.58. The lowest BCUT2D eigenvalue weighted by Gasteiger charge is -2.09. The van der Waals surface area contributed by atoms with Crippen molar-refractivity contribution in [2.75, 3.05) is 0 Å². The van der Waals surface area contributed by atoms with E-state index in [0.29, 0.717) is 5.56 Å². The first-order valence-corrected chi connectivity index (χ1v) is 6.26. The number of aromatic nitrogens is 2. The van der Waals surface area contributed by atoms with Crippen LogP contribution in [0.25, 0.3) is 5.69 Å². The molecule has 0 aliphatic rings. The van der Waals surface area contributed by atoms with Gasteiger partial charge in [-0.2, -0.15) is 5.10 Å². The fraction of sp³-hybridized carbons (Fsp3) is 0.231. The first-order valence-electron chi connectivity index (χ1n) is 5.47. The molecule has 2 aromatic rings. The Bertz CT molecular complexity index is 609. The van der Waals surface area contributed by atoms with Gasteiger partial charge in [-0.3, -0.25) is 0 Å². The van der Waals surface area contributed by atoms with E-state index in [0.717, 1.165) is 21.3 Å². The van der Waals surface area contributed by atoms with Gasteiger partial charge in [0.25, 0.3) is 0 Å². The Hall–Kier alpha value is -1.62. The molecule has 1 N–H and O–H groups in total. The summed E-state index contributed by atoms with van der Waals surface area (Å²) in [5, 5.41) is 13.1. The molecule has 1 aromatic carbocycles. The molecule has 5 heteroatoms. The summed E-state index contributed by atoms with van der Waals surface area (Å²) in [4.78, 5) is 11.0. The molecule has 0 aliphatic carbocycles. The molecule has 1 heterocycles. The summed E-state index contributed by atoms with van der Waals surface area (Å²) in [5.41, 5.74) is 3.79. The lowest BCUT2D eigenvalue weighted by Crippen LogP contribution is -2.03. The number of hydrogen-bond acceptors (Lipinski definition) is 2. The minimum absolute atomic E-state index is 0.0851. The van der Waals surface area contributed by atoms with Gasteiger partial charge in [0, 0.05) is 16.2 Å². The second-order valence-corrected chi connectivity index (χ2v) is 5.18. The molecule has 1 aromatic heterocycles. The van der Waals surface area contributed by atoms with Crippen molar-refractivity contribution in [2.45, 2.75) is 20.8 Å². The zero-order chi connectivity index (χ0) is 13.4. The quantitative estimate of drug-likeness (QED) is 0.926. The van der Waals surface area contributed by atoms with E-state index >= 15 is 0 Å². The smallest absolute Gasteiger partial charge is 0.356 e. The molecular weight excluding hydrogens is 296 g/mol. The molecule has 0 aliphatic heterocycles. The number of aryl methyl sites for hydroxylation is 3. The molecule has 0 unspecified atom stereocenters. The van der Waals surface area contributed by atoms with Gasteiger partial charge < -0.3 is 5.11 Å². The van der Waals surface area contributed by atoms with E-state index in [9.17, 15) is 4.79 Å². The van der Waals surface area contributed by atoms with E-state index in [1.807, 2.05) is 26.0 Å². The van der Waals surface area contributed by atoms with Gasteiger partial charge in [0.1, 0.15) is 0 Å². The molecule has 94 valence electrons. The minimum atomic E-state index is -1.01. The van der Waals surface area contributed by atoms with Crippen molar-refractivity contribution in [2.24, 2.45) is 0 Å². The predicted octanol–water partition coefficient (Wildman–Crippen LogP) is 3.26. The number of rotatable bonds is 2. The van der Waals surface area contributed by atoms with E-state index in [4.69, 9.17) is 5.11 Å². The van der Waals surface area contributed by atoms with Crippen LogP contribution in [0.5, 0.6) is 0 Å². The number of nitrogens with zero attached hydrogens (tertiary/aromatic N) is 2. The number of carboxylic acids is 1. The number of benzene rings is 1. The van der Waals surface area contributed by atoms with Crippen LogP contribution in [0.3, 0.4) is 0 Å². The normalized spacial score (nSPS) is 10.7. The predicted molar refractivity (Wildman–Crippen MR) is 72.4 cm³/mol. The number of carboxylic acid groups (broad SMARTS) is 1. The molecule has 0 spiro atoms. The van der Waals surface area contributed by atoms with Gasteiger partial charge >= 0.3 is 5.97 Å². The standard InChI is InChI=1S/C13H13BrN2O2/c1-7-4-8(2)12(10(14)5-7)16-6-9(3)11(15-16)13(17)18/h4-6H,1-3H3,(H,17,18). The maximum Gasteiger partial charge on any atom is 0.356 e. The maximum absolute atomic E-state index is 11.0. The average molecular weight is 309 g/mol. The Kier molecular flexibility index (Phi) is 3.26. The molecule has 0 radical (unpaired) electrons. The Morgan fingerprint density at radius 1 is 1.28 bits per heavy atom. The Morgan fingerprint density at radius 3 is 2.44 bits per heavy atom. The lowest BCUT2D eigenvalue weighted by molar-refractivity contribution is 0.0689. The molecular formula is C13H13BrN2O2. The van der Waals surface area contributed by atoms with Gasteiger partial charge in [-0.05, 0) is 53.9 Å². The Morgan fingerprint density at radius 2 is 1.94 bits per heavy atom. The van der Waals surface area contributed by atoms with Gasteiger partial charge in [-0.1, -0.05) is 6.07 Å². The number of halogens is 1. The van der Waals surface area contributed by atoms with E-state index < -0.39 is 5.97 Å². The van der Waals surface area contributed by atoms with Crippen LogP contribution in [0.4, 0.5) is 0 Å². The zero-order valence-electron chi connectivity index (χ0n) is 10.4. The van der Waals surface area contributed by atoms with Crippen LogP contribution in [-0.2, 0) is 0 Å². The third kappa shape index (κ3) is 2.18. The highest BCUT2D eigenvalue weighted by Gasteiger charge is 2.15. The van der Waals surface area contributed by atoms with Crippen LogP contribution in [0, 0.1) is 20.8 Å². The summed E-state index contributed by atoms with van der Waals surface area (Å²) in [6.45, 7) is 5.73. The van der Waals surface area contributed by atoms with E-state index in [1.54, 1.807) is 17.8 Å². The highest BCUT2D eigenvalue weighted by atomic mass is 79.9. The summed E-state index contributed by atoms with van der Waals surface area (Å²) >= 11 is 3.50. The first kappa shape index (κ1) is 12.8. The van der Waals surface area contributed by atoms with Crippen LogP contribution in [0.15, 0.2) is 22.8 Å². The summed E-state index contributed by atoms with van der Waals surface area (Å²) in [6, 6.07) is 4.03. The van der Waals surface area contributed by atoms with Crippen molar-refractivity contribution >= 4 is 21.9 Å². The summed E-state index contributed by atoms with van der Waals surface area (Å²) in [6.07, 6.45) is 1.73. The second kappa shape index (κ2) is 4.57. The van der Waals surface area contributed by atoms with Crippen molar-refractivity contribution in [3.8, 4) is 5.69 Å². The van der Waals surface area contributed by atoms with Crippen molar-refractivity contribution in [3.63, 3.8) is 0 Å². The van der Waals surface area contributed by atoms with Gasteiger partial charge in [-0.15, -0.1) is 0 Å². The minimum Gasteiger partial charge on any atom is -0.476 e. The van der Waals surface area contributed by atoms with E-state index in [2.05, 4.69) is 21.0 Å². The lowest BCUT2D eigenvalue weighted by atomic mass is 10.1. The van der Waals surface area contributed by atoms with Crippen molar-refractivity contribution in [1.82, 2.24) is 9.78 Å². The molecule has 0 amide bonds. The SMILES string of the molecule is Cc1cc(C)c(-n2cc(C)c(C(=O)O)n2)c(Br)c1. The highest BCUT2D eigenvalue weighted by molar-refractivity contribution is 9.10. The van der Waals surface area contributed by atoms with Crippen LogP contribution in [0.2, 0.25) is 0 Å². The summed E-state index contributed by atoms with van der Waals surface area (Å²) in [7, 11) is 0. The third-order valence-electron chi connectivity index (χ3n) is 2.73. The topological polar surface area (TPSA) is 55.1 Å². The molecule has 0 saturated heterocycles. The van der Waals surface area contributed by atoms with E-state index in [1.165, 1.54) is 0 Å². The first-order chi connectivity index (χ1) is 8.40. The van der Waals surface area contributed by atoms with Crippen molar-refractivity contribution in [1.29, 1.82) is 0 Å². The third-order valence-corrected chi connectivity index (χ3v) is 3.33. The molecule has 18 heavy (non-hydrogen) atoms. The number of carbonyl (C=O) groups is 1. The summed E-state index contributed by atoms with van der Waals surface area (Å²) in [5.74, 6) is -1.01. The van der Waals surface area contributed by atoms with Gasteiger partial charge in [0.15, 0.2) is 5.69 Å². The zero-order valence-corrected chi connectivity index (χ0v) is 11.9. The highest BCUT2D eigenvalue weighted by Crippen LogP contribution is 2.26. The molecule has 0 fully saturated rings. The van der Waals surface area contributed by atoms with Crippen molar-refractivity contribution < 1.29 is 9.90 Å². The van der Waals surface area contributed by atoms with Crippen LogP contribution in [0.1, 0.15) is 27.2 Å². The molecule has 0 atom stereocenters. The van der Waals surface area contributed by atoms with Gasteiger partial charge in [-0.25, -0.2) is 9.48 Å². The largest absolute Gasteiger partial charge is 0.476 e. The molecule has 2 rings (SSSR count). The van der Waals surface area contributed by atoms with Crippen LogP contribution < -0.4 is 0 Å². The van der Waals surface area contributed by atoms with Crippen LogP contribution in [-0.4, -0.2) is 20.9 Å². The van der Waals surface area contributed by atoms with E-state index in [-0.39, 0.29) is 5.69 Å². The van der Waals surface area contributed by atoms with Crippen molar-refractivity contribution in [3.05, 3.63) is 45.2 Å². The Labute approximate surface area is 113 Å². The van der Waals surface area contributed by atoms with Gasteiger partial charge in [0.05, 0.1) is 5.69 Å². The molecule has 0 bridgehead atoms. The van der Waals surface area contributed by atoms with Gasteiger partial charge in [0.2, 0.25) is 0 Å². The molecule has 0 saturated carbocycles. The monoisotopic (exact) mass is 308 g/mol. The number of hydrogen-bond donors (Lipinski definition) is 1. The Balaban J connectivity index is 2.63. The fourth-order valence-electron chi connectivity index (χ4n) is 1.98. The summed E-state index contributed by atoms with van der Waals surface area (Å²) < 4.78 is 2.51. The number of aromatic carboxylic acids is 1. The maximum atomic E-state index is 11.0. The second-order valence-electron chi connectivity index (χ2n) is 4.32. The molecule has 4 nitrogen and oxygen atoms in total. The van der Waals surface area contributed by atoms with Crippen LogP contribution >= 0.6 is 15.9 Å². The fourth-order valence-corrected chi connectivity index (χ4v) is 2.84.